The Labute approximate surface area is 113 Å². The fourth-order valence-electron chi connectivity index (χ4n) is 1.85. The van der Waals surface area contributed by atoms with Gasteiger partial charge in [0.1, 0.15) is 0 Å². The van der Waals surface area contributed by atoms with Crippen LogP contribution in [0.1, 0.15) is 29.7 Å². The van der Waals surface area contributed by atoms with Crippen LogP contribution in [-0.2, 0) is 0 Å². The monoisotopic (exact) mass is 257 g/mol. The van der Waals surface area contributed by atoms with E-state index in [4.69, 9.17) is 5.73 Å². The van der Waals surface area contributed by atoms with Gasteiger partial charge in [0.15, 0.2) is 0 Å². The lowest BCUT2D eigenvalue weighted by atomic mass is 10.1. The van der Waals surface area contributed by atoms with E-state index in [9.17, 15) is 0 Å². The van der Waals surface area contributed by atoms with Gasteiger partial charge in [0, 0.05) is 15.8 Å². The van der Waals surface area contributed by atoms with Crippen molar-refractivity contribution < 1.29 is 0 Å². The van der Waals surface area contributed by atoms with Crippen molar-refractivity contribution in [2.24, 2.45) is 5.73 Å². The molecule has 2 rings (SSSR count). The van der Waals surface area contributed by atoms with Crippen LogP contribution >= 0.6 is 11.8 Å². The summed E-state index contributed by atoms with van der Waals surface area (Å²) in [5.74, 6) is 0. The Bertz CT molecular complexity index is 547. The number of hydrogen-bond acceptors (Lipinski definition) is 2. The summed E-state index contributed by atoms with van der Waals surface area (Å²) < 4.78 is 0. The maximum atomic E-state index is 6.01. The summed E-state index contributed by atoms with van der Waals surface area (Å²) in [5.41, 5.74) is 9.88. The van der Waals surface area contributed by atoms with Crippen LogP contribution in [0.4, 0.5) is 0 Å². The number of rotatable bonds is 3. The van der Waals surface area contributed by atoms with Gasteiger partial charge in [0.2, 0.25) is 0 Å². The number of benzene rings is 2. The molecule has 18 heavy (non-hydrogen) atoms. The molecular weight excluding hydrogens is 238 g/mol. The van der Waals surface area contributed by atoms with E-state index in [1.165, 1.54) is 26.5 Å². The molecule has 1 atom stereocenters. The van der Waals surface area contributed by atoms with Crippen molar-refractivity contribution >= 4 is 11.8 Å². The maximum absolute atomic E-state index is 6.01. The zero-order valence-corrected chi connectivity index (χ0v) is 11.9. The Morgan fingerprint density at radius 3 is 2.39 bits per heavy atom. The Morgan fingerprint density at radius 2 is 1.72 bits per heavy atom. The average molecular weight is 257 g/mol. The number of hydrogen-bond donors (Lipinski definition) is 1. The average Bonchev–Trinajstić information content (AvgIpc) is 2.34. The summed E-state index contributed by atoms with van der Waals surface area (Å²) in [7, 11) is 0. The van der Waals surface area contributed by atoms with E-state index in [0.29, 0.717) is 0 Å². The molecule has 2 heteroatoms. The minimum absolute atomic E-state index is 0.0697. The Morgan fingerprint density at radius 1 is 1.00 bits per heavy atom. The quantitative estimate of drug-likeness (QED) is 0.877. The molecule has 0 radical (unpaired) electrons. The standard InChI is InChI=1S/C16H19NS/c1-11-8-9-14(10-12(11)2)18-16-7-5-4-6-15(16)13(3)17/h4-10,13H,17H2,1-3H3/t13-/m1/s1. The highest BCUT2D eigenvalue weighted by atomic mass is 32.2. The van der Waals surface area contributed by atoms with Gasteiger partial charge in [-0.1, -0.05) is 36.0 Å². The molecule has 0 aliphatic carbocycles. The second-order valence-corrected chi connectivity index (χ2v) is 5.79. The van der Waals surface area contributed by atoms with Crippen molar-refractivity contribution in [1.29, 1.82) is 0 Å². The Balaban J connectivity index is 2.31. The highest BCUT2D eigenvalue weighted by Crippen LogP contribution is 2.33. The predicted molar refractivity (Wildman–Crippen MR) is 79.1 cm³/mol. The van der Waals surface area contributed by atoms with Gasteiger partial charge in [0.05, 0.1) is 0 Å². The van der Waals surface area contributed by atoms with Gasteiger partial charge in [-0.05, 0) is 55.7 Å². The van der Waals surface area contributed by atoms with Crippen molar-refractivity contribution in [3.8, 4) is 0 Å². The molecular formula is C16H19NS. The highest BCUT2D eigenvalue weighted by Gasteiger charge is 2.07. The van der Waals surface area contributed by atoms with Gasteiger partial charge >= 0.3 is 0 Å². The topological polar surface area (TPSA) is 26.0 Å². The van der Waals surface area contributed by atoms with Crippen LogP contribution < -0.4 is 5.73 Å². The first-order valence-corrected chi connectivity index (χ1v) is 6.99. The van der Waals surface area contributed by atoms with Gasteiger partial charge in [-0.2, -0.15) is 0 Å². The van der Waals surface area contributed by atoms with Gasteiger partial charge in [-0.3, -0.25) is 0 Å². The summed E-state index contributed by atoms with van der Waals surface area (Å²) in [6.07, 6.45) is 0. The van der Waals surface area contributed by atoms with Gasteiger partial charge in [-0.15, -0.1) is 0 Å². The van der Waals surface area contributed by atoms with Crippen LogP contribution in [0.25, 0.3) is 0 Å². The zero-order chi connectivity index (χ0) is 13.1. The van der Waals surface area contributed by atoms with E-state index < -0.39 is 0 Å². The predicted octanol–water partition coefficient (Wildman–Crippen LogP) is 4.47. The van der Waals surface area contributed by atoms with Crippen LogP contribution in [0.5, 0.6) is 0 Å². The molecule has 0 unspecified atom stereocenters. The molecule has 0 amide bonds. The third-order valence-electron chi connectivity index (χ3n) is 3.12. The van der Waals surface area contributed by atoms with E-state index in [2.05, 4.69) is 50.2 Å². The van der Waals surface area contributed by atoms with E-state index >= 15 is 0 Å². The van der Waals surface area contributed by atoms with E-state index in [0.717, 1.165) is 0 Å². The molecule has 0 aliphatic rings. The molecule has 0 saturated carbocycles. The summed E-state index contributed by atoms with van der Waals surface area (Å²) in [6, 6.07) is 15.0. The minimum Gasteiger partial charge on any atom is -0.324 e. The Hall–Kier alpha value is -1.25. The Kier molecular flexibility index (Phi) is 4.10. The summed E-state index contributed by atoms with van der Waals surface area (Å²) in [5, 5.41) is 0. The second-order valence-electron chi connectivity index (χ2n) is 4.67. The van der Waals surface area contributed by atoms with Gasteiger partial charge in [0.25, 0.3) is 0 Å². The normalized spacial score (nSPS) is 12.4. The maximum Gasteiger partial charge on any atom is 0.0277 e. The highest BCUT2D eigenvalue weighted by molar-refractivity contribution is 7.99. The first kappa shape index (κ1) is 13.2. The van der Waals surface area contributed by atoms with E-state index in [1.807, 2.05) is 13.0 Å². The molecule has 1 nitrogen and oxygen atoms in total. The summed E-state index contributed by atoms with van der Waals surface area (Å²) in [4.78, 5) is 2.52. The smallest absolute Gasteiger partial charge is 0.0277 e. The lowest BCUT2D eigenvalue weighted by molar-refractivity contribution is 0.797. The van der Waals surface area contributed by atoms with Crippen LogP contribution in [0, 0.1) is 13.8 Å². The van der Waals surface area contributed by atoms with Crippen molar-refractivity contribution in [2.75, 3.05) is 0 Å². The fraction of sp³-hybridized carbons (Fsp3) is 0.250. The van der Waals surface area contributed by atoms with Crippen LogP contribution in [0.2, 0.25) is 0 Å². The van der Waals surface area contributed by atoms with Crippen molar-refractivity contribution in [1.82, 2.24) is 0 Å². The van der Waals surface area contributed by atoms with E-state index in [-0.39, 0.29) is 6.04 Å². The summed E-state index contributed by atoms with van der Waals surface area (Å²) in [6.45, 7) is 6.32. The van der Waals surface area contributed by atoms with Crippen LogP contribution in [0.3, 0.4) is 0 Å². The first-order valence-electron chi connectivity index (χ1n) is 6.17. The number of nitrogens with two attached hydrogens (primary N) is 1. The van der Waals surface area contributed by atoms with Crippen molar-refractivity contribution in [2.45, 2.75) is 36.6 Å². The molecule has 2 N–H and O–H groups in total. The molecule has 0 spiro atoms. The molecule has 0 bridgehead atoms. The molecule has 0 fully saturated rings. The molecule has 94 valence electrons. The molecule has 0 saturated heterocycles. The van der Waals surface area contributed by atoms with E-state index in [1.54, 1.807) is 11.8 Å². The van der Waals surface area contributed by atoms with Crippen molar-refractivity contribution in [3.05, 3.63) is 59.2 Å². The molecule has 0 aromatic heterocycles. The van der Waals surface area contributed by atoms with Crippen molar-refractivity contribution in [3.63, 3.8) is 0 Å². The number of aryl methyl sites for hydroxylation is 2. The SMILES string of the molecule is Cc1ccc(Sc2ccccc2[C@@H](C)N)cc1C. The lowest BCUT2D eigenvalue weighted by Crippen LogP contribution is -2.05. The minimum atomic E-state index is 0.0697. The van der Waals surface area contributed by atoms with Gasteiger partial charge < -0.3 is 5.73 Å². The molecule has 0 aliphatic heterocycles. The third kappa shape index (κ3) is 2.95. The van der Waals surface area contributed by atoms with Crippen LogP contribution in [0.15, 0.2) is 52.3 Å². The largest absolute Gasteiger partial charge is 0.324 e. The lowest BCUT2D eigenvalue weighted by Gasteiger charge is -2.12. The van der Waals surface area contributed by atoms with Crippen LogP contribution in [-0.4, -0.2) is 0 Å². The fourth-order valence-corrected chi connectivity index (χ4v) is 3.00. The first-order chi connectivity index (χ1) is 8.58. The molecule has 2 aromatic carbocycles. The molecule has 0 heterocycles. The van der Waals surface area contributed by atoms with Gasteiger partial charge in [-0.25, -0.2) is 0 Å². The zero-order valence-electron chi connectivity index (χ0n) is 11.1. The summed E-state index contributed by atoms with van der Waals surface area (Å²) >= 11 is 1.79. The molecule has 2 aromatic rings. The third-order valence-corrected chi connectivity index (χ3v) is 4.20. The second kappa shape index (κ2) is 5.59.